The van der Waals surface area contributed by atoms with E-state index in [-0.39, 0.29) is 17.6 Å². The summed E-state index contributed by atoms with van der Waals surface area (Å²) in [6, 6.07) is 11.6. The van der Waals surface area contributed by atoms with Crippen LogP contribution in [0, 0.1) is 22.7 Å². The van der Waals surface area contributed by atoms with Gasteiger partial charge >= 0.3 is 0 Å². The van der Waals surface area contributed by atoms with Gasteiger partial charge in [-0.25, -0.2) is 0 Å². The number of rotatable bonds is 3. The lowest BCUT2D eigenvalue weighted by Gasteiger charge is -2.35. The van der Waals surface area contributed by atoms with Gasteiger partial charge in [-0.2, -0.15) is 5.26 Å². The number of piperidine rings is 1. The van der Waals surface area contributed by atoms with Crippen LogP contribution in [0.4, 0.5) is 0 Å². The summed E-state index contributed by atoms with van der Waals surface area (Å²) in [5.41, 5.74) is -0.0439. The van der Waals surface area contributed by atoms with Gasteiger partial charge in [0.05, 0.1) is 6.07 Å². The van der Waals surface area contributed by atoms with Crippen LogP contribution in [0.1, 0.15) is 48.9 Å². The van der Waals surface area contributed by atoms with Gasteiger partial charge in [0, 0.05) is 24.6 Å². The van der Waals surface area contributed by atoms with Crippen molar-refractivity contribution in [3.63, 3.8) is 0 Å². The molecule has 3 rings (SSSR count). The Morgan fingerprint density at radius 2 is 1.70 bits per heavy atom. The zero-order chi connectivity index (χ0) is 16.3. The number of hydrogen-bond donors (Lipinski definition) is 0. The second-order valence-corrected chi connectivity index (χ2v) is 6.70. The number of Topliss-reactive ketones (excluding diaryl/α,β-unsaturated/α-hetero) is 1. The van der Waals surface area contributed by atoms with E-state index in [1.165, 1.54) is 0 Å². The maximum atomic E-state index is 12.7. The quantitative estimate of drug-likeness (QED) is 0.806. The van der Waals surface area contributed by atoms with E-state index < -0.39 is 5.41 Å². The highest BCUT2D eigenvalue weighted by atomic mass is 16.2. The molecule has 1 saturated carbocycles. The van der Waals surface area contributed by atoms with Crippen molar-refractivity contribution in [2.45, 2.75) is 38.5 Å². The van der Waals surface area contributed by atoms with Crippen molar-refractivity contribution in [2.75, 3.05) is 13.1 Å². The van der Waals surface area contributed by atoms with E-state index in [9.17, 15) is 14.9 Å². The van der Waals surface area contributed by atoms with Crippen LogP contribution in [0.2, 0.25) is 0 Å². The number of nitrogens with zero attached hydrogens (tertiary/aromatic N) is 2. The fourth-order valence-electron chi connectivity index (χ4n) is 3.84. The molecule has 1 saturated heterocycles. The minimum atomic E-state index is -0.795. The third kappa shape index (κ3) is 3.01. The maximum absolute atomic E-state index is 12.7. The molecular weight excluding hydrogens is 288 g/mol. The number of hydrogen-bond acceptors (Lipinski definition) is 3. The molecule has 2 fully saturated rings. The minimum Gasteiger partial charge on any atom is -0.341 e. The first-order valence-corrected chi connectivity index (χ1v) is 8.46. The van der Waals surface area contributed by atoms with Crippen molar-refractivity contribution >= 4 is 11.7 Å². The molecule has 0 bridgehead atoms. The summed E-state index contributed by atoms with van der Waals surface area (Å²) in [6.07, 6.45) is 4.68. The standard InChI is InChI=1S/C19H22N2O2/c20-14-19(10-4-5-11-19)18(23)21-12-8-16(9-13-21)17(22)15-6-2-1-3-7-15/h1-3,6-7,16H,4-5,8-13H2. The Kier molecular flexibility index (Phi) is 4.47. The molecule has 0 unspecified atom stereocenters. The van der Waals surface area contributed by atoms with E-state index in [1.54, 1.807) is 0 Å². The minimum absolute atomic E-state index is 0.0110. The number of ketones is 1. The molecule has 1 aliphatic heterocycles. The number of benzene rings is 1. The van der Waals surface area contributed by atoms with Crippen LogP contribution in [0.5, 0.6) is 0 Å². The van der Waals surface area contributed by atoms with Crippen molar-refractivity contribution in [1.82, 2.24) is 4.90 Å². The topological polar surface area (TPSA) is 61.2 Å². The van der Waals surface area contributed by atoms with E-state index in [0.29, 0.717) is 38.8 Å². The molecule has 0 radical (unpaired) electrons. The summed E-state index contributed by atoms with van der Waals surface area (Å²) in [7, 11) is 0. The highest BCUT2D eigenvalue weighted by Crippen LogP contribution is 2.40. The summed E-state index contributed by atoms with van der Waals surface area (Å²) >= 11 is 0. The Morgan fingerprint density at radius 3 is 2.26 bits per heavy atom. The number of nitriles is 1. The zero-order valence-electron chi connectivity index (χ0n) is 13.3. The Morgan fingerprint density at radius 1 is 1.09 bits per heavy atom. The SMILES string of the molecule is N#CC1(C(=O)N2CCC(C(=O)c3ccccc3)CC2)CCCC1. The molecule has 1 heterocycles. The lowest BCUT2D eigenvalue weighted by atomic mass is 9.84. The monoisotopic (exact) mass is 310 g/mol. The highest BCUT2D eigenvalue weighted by molar-refractivity contribution is 5.98. The van der Waals surface area contributed by atoms with Gasteiger partial charge in [0.15, 0.2) is 5.78 Å². The van der Waals surface area contributed by atoms with Crippen LogP contribution in [-0.4, -0.2) is 29.7 Å². The molecule has 1 aromatic rings. The van der Waals surface area contributed by atoms with Crippen LogP contribution in [-0.2, 0) is 4.79 Å². The van der Waals surface area contributed by atoms with E-state index >= 15 is 0 Å². The van der Waals surface area contributed by atoms with Crippen LogP contribution in [0.15, 0.2) is 30.3 Å². The van der Waals surface area contributed by atoms with Gasteiger partial charge in [-0.3, -0.25) is 9.59 Å². The zero-order valence-corrected chi connectivity index (χ0v) is 13.3. The fraction of sp³-hybridized carbons (Fsp3) is 0.526. The maximum Gasteiger partial charge on any atom is 0.243 e. The van der Waals surface area contributed by atoms with E-state index in [2.05, 4.69) is 6.07 Å². The number of amides is 1. The van der Waals surface area contributed by atoms with Crippen molar-refractivity contribution < 1.29 is 9.59 Å². The third-order valence-corrected chi connectivity index (χ3v) is 5.29. The molecule has 1 aliphatic carbocycles. The molecular formula is C19H22N2O2. The van der Waals surface area contributed by atoms with Crippen molar-refractivity contribution in [3.05, 3.63) is 35.9 Å². The predicted molar refractivity (Wildman–Crippen MR) is 86.6 cm³/mol. The first-order valence-electron chi connectivity index (χ1n) is 8.46. The molecule has 1 aromatic carbocycles. The van der Waals surface area contributed by atoms with Gasteiger partial charge in [0.2, 0.25) is 5.91 Å². The Hall–Kier alpha value is -2.15. The van der Waals surface area contributed by atoms with E-state index in [4.69, 9.17) is 0 Å². The van der Waals surface area contributed by atoms with Gasteiger partial charge < -0.3 is 4.90 Å². The molecule has 0 atom stereocenters. The lowest BCUT2D eigenvalue weighted by molar-refractivity contribution is -0.140. The van der Waals surface area contributed by atoms with Gasteiger partial charge in [-0.1, -0.05) is 43.2 Å². The predicted octanol–water partition coefficient (Wildman–Crippen LogP) is 3.19. The van der Waals surface area contributed by atoms with Crippen LogP contribution in [0.3, 0.4) is 0 Å². The summed E-state index contributed by atoms with van der Waals surface area (Å²) < 4.78 is 0. The van der Waals surface area contributed by atoms with Gasteiger partial charge in [0.25, 0.3) is 0 Å². The number of likely N-dealkylation sites (tertiary alicyclic amines) is 1. The van der Waals surface area contributed by atoms with Crippen molar-refractivity contribution in [2.24, 2.45) is 11.3 Å². The third-order valence-electron chi connectivity index (χ3n) is 5.29. The second-order valence-electron chi connectivity index (χ2n) is 6.70. The van der Waals surface area contributed by atoms with Gasteiger partial charge in [-0.05, 0) is 25.7 Å². The molecule has 0 N–H and O–H groups in total. The van der Waals surface area contributed by atoms with Gasteiger partial charge in [-0.15, -0.1) is 0 Å². The van der Waals surface area contributed by atoms with E-state index in [1.807, 2.05) is 35.2 Å². The summed E-state index contributed by atoms with van der Waals surface area (Å²) in [6.45, 7) is 1.18. The largest absolute Gasteiger partial charge is 0.341 e. The average Bonchev–Trinajstić information content (AvgIpc) is 3.12. The normalized spacial score (nSPS) is 20.9. The number of carbonyl (C=O) groups is 2. The van der Waals surface area contributed by atoms with Gasteiger partial charge in [0.1, 0.15) is 5.41 Å². The van der Waals surface area contributed by atoms with E-state index in [0.717, 1.165) is 18.4 Å². The second kappa shape index (κ2) is 6.54. The Balaban J connectivity index is 1.61. The smallest absolute Gasteiger partial charge is 0.243 e. The highest BCUT2D eigenvalue weighted by Gasteiger charge is 2.44. The molecule has 0 spiro atoms. The molecule has 1 amide bonds. The Bertz CT molecular complexity index is 619. The molecule has 120 valence electrons. The molecule has 4 heteroatoms. The molecule has 0 aromatic heterocycles. The van der Waals surface area contributed by atoms with Crippen LogP contribution >= 0.6 is 0 Å². The van der Waals surface area contributed by atoms with Crippen molar-refractivity contribution in [3.8, 4) is 6.07 Å². The summed E-state index contributed by atoms with van der Waals surface area (Å²) in [4.78, 5) is 27.0. The molecule has 2 aliphatic rings. The fourth-order valence-corrected chi connectivity index (χ4v) is 3.84. The first kappa shape index (κ1) is 15.7. The number of carbonyl (C=O) groups excluding carboxylic acids is 2. The summed E-state index contributed by atoms with van der Waals surface area (Å²) in [5, 5.41) is 9.45. The molecule has 23 heavy (non-hydrogen) atoms. The van der Waals surface area contributed by atoms with Crippen molar-refractivity contribution in [1.29, 1.82) is 5.26 Å². The van der Waals surface area contributed by atoms with Crippen LogP contribution < -0.4 is 0 Å². The Labute approximate surface area is 137 Å². The first-order chi connectivity index (χ1) is 11.2. The van der Waals surface area contributed by atoms with Crippen LogP contribution in [0.25, 0.3) is 0 Å². The average molecular weight is 310 g/mol. The lowest BCUT2D eigenvalue weighted by Crippen LogP contribution is -2.46. The summed E-state index contributed by atoms with van der Waals surface area (Å²) in [5.74, 6) is 0.153. The molecule has 4 nitrogen and oxygen atoms in total.